The Bertz CT molecular complexity index is 403. The van der Waals surface area contributed by atoms with Gasteiger partial charge >= 0.3 is 0 Å². The number of hydrogen-bond acceptors (Lipinski definition) is 2. The summed E-state index contributed by atoms with van der Waals surface area (Å²) in [5.74, 6) is 0. The molecule has 3 rings (SSSR count). The summed E-state index contributed by atoms with van der Waals surface area (Å²) >= 11 is 0. The summed E-state index contributed by atoms with van der Waals surface area (Å²) in [5.41, 5.74) is 6.83. The highest BCUT2D eigenvalue weighted by molar-refractivity contribution is 5.34. The van der Waals surface area contributed by atoms with Crippen molar-refractivity contribution in [3.05, 3.63) is 35.4 Å². The van der Waals surface area contributed by atoms with Crippen molar-refractivity contribution in [2.24, 2.45) is 5.73 Å². The van der Waals surface area contributed by atoms with Crippen molar-refractivity contribution in [2.75, 3.05) is 13.1 Å². The summed E-state index contributed by atoms with van der Waals surface area (Å²) in [6.45, 7) is 1.53. The van der Waals surface area contributed by atoms with Gasteiger partial charge in [0.25, 0.3) is 0 Å². The van der Waals surface area contributed by atoms with Crippen molar-refractivity contribution in [1.82, 2.24) is 5.32 Å². The summed E-state index contributed by atoms with van der Waals surface area (Å²) in [6.07, 6.45) is 3.24. The van der Waals surface area contributed by atoms with Crippen molar-refractivity contribution in [3.63, 3.8) is 0 Å². The fourth-order valence-electron chi connectivity index (χ4n) is 2.64. The molecule has 3 heteroatoms. The number of piperidine rings is 1. The van der Waals surface area contributed by atoms with Crippen molar-refractivity contribution >= 4 is 0 Å². The summed E-state index contributed by atoms with van der Waals surface area (Å²) in [4.78, 5) is 0. The highest BCUT2D eigenvalue weighted by Crippen LogP contribution is 2.43. The summed E-state index contributed by atoms with van der Waals surface area (Å²) in [6, 6.07) is 7.86. The first-order chi connectivity index (χ1) is 8.12. The highest BCUT2D eigenvalue weighted by Gasteiger charge is 2.40. The highest BCUT2D eigenvalue weighted by atomic mass is 19.1. The van der Waals surface area contributed by atoms with Crippen LogP contribution in [0.25, 0.3) is 0 Å². The van der Waals surface area contributed by atoms with Gasteiger partial charge in [0.05, 0.1) is 0 Å². The Morgan fingerprint density at radius 1 is 0.941 bits per heavy atom. The molecule has 1 heterocycles. The molecule has 1 aromatic rings. The molecule has 0 radical (unpaired) electrons. The summed E-state index contributed by atoms with van der Waals surface area (Å²) < 4.78 is 14.7. The van der Waals surface area contributed by atoms with E-state index in [4.69, 9.17) is 5.73 Å². The second-order valence-corrected chi connectivity index (χ2v) is 5.45. The van der Waals surface area contributed by atoms with E-state index in [2.05, 4.69) is 5.32 Å². The SMILES string of the molecule is NC1(c2ccc(C3(F)CCNCC3)cc2)CC1. The largest absolute Gasteiger partial charge is 0.321 e. The molecular weight excluding hydrogens is 215 g/mol. The standard InChI is InChI=1S/C14H19FN2/c15-13(7-9-17-10-8-13)11-1-3-12(4-2-11)14(16)5-6-14/h1-4,17H,5-10,16H2. The maximum absolute atomic E-state index is 14.7. The molecule has 1 saturated carbocycles. The van der Waals surface area contributed by atoms with Gasteiger partial charge in [-0.15, -0.1) is 0 Å². The van der Waals surface area contributed by atoms with E-state index < -0.39 is 5.67 Å². The minimum Gasteiger partial charge on any atom is -0.321 e. The molecule has 0 spiro atoms. The van der Waals surface area contributed by atoms with Gasteiger partial charge in [0.2, 0.25) is 0 Å². The number of benzene rings is 1. The van der Waals surface area contributed by atoms with Gasteiger partial charge in [0.1, 0.15) is 5.67 Å². The molecule has 0 amide bonds. The lowest BCUT2D eigenvalue weighted by Gasteiger charge is -2.30. The molecule has 1 aromatic carbocycles. The third-order valence-corrected chi connectivity index (χ3v) is 4.16. The molecule has 2 fully saturated rings. The minimum absolute atomic E-state index is 0.115. The van der Waals surface area contributed by atoms with Gasteiger partial charge in [0, 0.05) is 5.54 Å². The predicted molar refractivity (Wildman–Crippen MR) is 66.4 cm³/mol. The van der Waals surface area contributed by atoms with Crippen LogP contribution in [-0.4, -0.2) is 13.1 Å². The van der Waals surface area contributed by atoms with Crippen LogP contribution < -0.4 is 11.1 Å². The Morgan fingerprint density at radius 3 is 2.00 bits per heavy atom. The summed E-state index contributed by atoms with van der Waals surface area (Å²) in [7, 11) is 0. The molecular formula is C14H19FN2. The topological polar surface area (TPSA) is 38.0 Å². The molecule has 1 saturated heterocycles. The van der Waals surface area contributed by atoms with Crippen molar-refractivity contribution in [1.29, 1.82) is 0 Å². The number of nitrogens with two attached hydrogens (primary N) is 1. The van der Waals surface area contributed by atoms with Gasteiger partial charge in [-0.05, 0) is 49.9 Å². The van der Waals surface area contributed by atoms with E-state index in [0.717, 1.165) is 37.1 Å². The first-order valence-corrected chi connectivity index (χ1v) is 6.42. The van der Waals surface area contributed by atoms with Crippen LogP contribution in [0.1, 0.15) is 36.8 Å². The smallest absolute Gasteiger partial charge is 0.138 e. The number of nitrogens with one attached hydrogen (secondary N) is 1. The van der Waals surface area contributed by atoms with Gasteiger partial charge in [-0.25, -0.2) is 4.39 Å². The Morgan fingerprint density at radius 2 is 1.47 bits per heavy atom. The minimum atomic E-state index is -1.14. The zero-order valence-corrected chi connectivity index (χ0v) is 10.0. The zero-order valence-electron chi connectivity index (χ0n) is 10.0. The van der Waals surface area contributed by atoms with Crippen molar-refractivity contribution in [2.45, 2.75) is 36.9 Å². The average molecular weight is 234 g/mol. The molecule has 0 bridgehead atoms. The molecule has 0 unspecified atom stereocenters. The quantitative estimate of drug-likeness (QED) is 0.823. The third-order valence-electron chi connectivity index (χ3n) is 4.16. The fourth-order valence-corrected chi connectivity index (χ4v) is 2.64. The molecule has 2 nitrogen and oxygen atoms in total. The zero-order chi connectivity index (χ0) is 11.9. The first kappa shape index (κ1) is 11.2. The molecule has 17 heavy (non-hydrogen) atoms. The number of rotatable bonds is 2. The van der Waals surface area contributed by atoms with E-state index in [1.54, 1.807) is 0 Å². The van der Waals surface area contributed by atoms with Crippen LogP contribution in [0.2, 0.25) is 0 Å². The summed E-state index contributed by atoms with van der Waals surface area (Å²) in [5, 5.41) is 3.20. The lowest BCUT2D eigenvalue weighted by atomic mass is 9.86. The van der Waals surface area contributed by atoms with Crippen LogP contribution in [-0.2, 0) is 11.2 Å². The maximum atomic E-state index is 14.7. The van der Waals surface area contributed by atoms with E-state index in [1.807, 2.05) is 24.3 Å². The Hall–Kier alpha value is -0.930. The van der Waals surface area contributed by atoms with Gasteiger partial charge in [-0.2, -0.15) is 0 Å². The molecule has 92 valence electrons. The van der Waals surface area contributed by atoms with E-state index in [9.17, 15) is 4.39 Å². The van der Waals surface area contributed by atoms with E-state index >= 15 is 0 Å². The predicted octanol–water partition coefficient (Wildman–Crippen LogP) is 2.18. The van der Waals surface area contributed by atoms with E-state index in [1.165, 1.54) is 0 Å². The second-order valence-electron chi connectivity index (χ2n) is 5.45. The van der Waals surface area contributed by atoms with Crippen molar-refractivity contribution in [3.8, 4) is 0 Å². The second kappa shape index (κ2) is 3.79. The first-order valence-electron chi connectivity index (χ1n) is 6.42. The van der Waals surface area contributed by atoms with Crippen LogP contribution in [0, 0.1) is 0 Å². The Labute approximate surface area is 101 Å². The maximum Gasteiger partial charge on any atom is 0.138 e. The fraction of sp³-hybridized carbons (Fsp3) is 0.571. The molecule has 0 atom stereocenters. The van der Waals surface area contributed by atoms with Crippen LogP contribution >= 0.6 is 0 Å². The van der Waals surface area contributed by atoms with E-state index in [-0.39, 0.29) is 5.54 Å². The van der Waals surface area contributed by atoms with E-state index in [0.29, 0.717) is 12.8 Å². The number of halogens is 1. The van der Waals surface area contributed by atoms with Crippen molar-refractivity contribution < 1.29 is 4.39 Å². The van der Waals surface area contributed by atoms with Crippen LogP contribution in [0.4, 0.5) is 4.39 Å². The van der Waals surface area contributed by atoms with Crippen LogP contribution in [0.15, 0.2) is 24.3 Å². The number of hydrogen-bond donors (Lipinski definition) is 2. The normalized spacial score (nSPS) is 25.5. The van der Waals surface area contributed by atoms with Gasteiger partial charge in [-0.1, -0.05) is 24.3 Å². The molecule has 2 aliphatic rings. The monoisotopic (exact) mass is 234 g/mol. The van der Waals surface area contributed by atoms with Gasteiger partial charge in [0.15, 0.2) is 0 Å². The van der Waals surface area contributed by atoms with Gasteiger partial charge in [-0.3, -0.25) is 0 Å². The number of alkyl halides is 1. The van der Waals surface area contributed by atoms with Crippen LogP contribution in [0.3, 0.4) is 0 Å². The average Bonchev–Trinajstić information content (AvgIpc) is 3.10. The Balaban J connectivity index is 1.83. The molecule has 1 aliphatic heterocycles. The third kappa shape index (κ3) is 1.98. The Kier molecular flexibility index (Phi) is 2.49. The van der Waals surface area contributed by atoms with Crippen LogP contribution in [0.5, 0.6) is 0 Å². The molecule has 0 aromatic heterocycles. The molecule has 1 aliphatic carbocycles. The molecule has 3 N–H and O–H groups in total. The lowest BCUT2D eigenvalue weighted by Crippen LogP contribution is -2.36. The van der Waals surface area contributed by atoms with Gasteiger partial charge < -0.3 is 11.1 Å². The lowest BCUT2D eigenvalue weighted by molar-refractivity contribution is 0.115.